The Bertz CT molecular complexity index is 397. The van der Waals surface area contributed by atoms with Gasteiger partial charge in [-0.1, -0.05) is 0 Å². The van der Waals surface area contributed by atoms with Gasteiger partial charge in [0.15, 0.2) is 0 Å². The topological polar surface area (TPSA) is 68.0 Å². The lowest BCUT2D eigenvalue weighted by atomic mass is 10.1. The zero-order valence-electron chi connectivity index (χ0n) is 8.82. The van der Waals surface area contributed by atoms with Crippen molar-refractivity contribution in [2.45, 2.75) is 25.3 Å². The number of hydrogen-bond acceptors (Lipinski definition) is 3. The standard InChI is InChI=1S/C11H14BrN3O/c12-9-6-14-4-3-10(9)15-11(16)7-1-2-8(13)5-7/h3-4,6-8H,1-2,5,13H2,(H,14,15,16). The van der Waals surface area contributed by atoms with Crippen molar-refractivity contribution >= 4 is 27.5 Å². The quantitative estimate of drug-likeness (QED) is 0.871. The van der Waals surface area contributed by atoms with E-state index < -0.39 is 0 Å². The summed E-state index contributed by atoms with van der Waals surface area (Å²) in [6.45, 7) is 0. The predicted molar refractivity (Wildman–Crippen MR) is 65.9 cm³/mol. The molecule has 0 aliphatic heterocycles. The first-order valence-corrected chi connectivity index (χ1v) is 6.12. The minimum absolute atomic E-state index is 0.0510. The van der Waals surface area contributed by atoms with Crippen molar-refractivity contribution in [3.05, 3.63) is 22.9 Å². The largest absolute Gasteiger partial charge is 0.328 e. The molecule has 1 saturated carbocycles. The minimum atomic E-state index is 0.0510. The van der Waals surface area contributed by atoms with Crippen LogP contribution in [0.4, 0.5) is 5.69 Å². The Hall–Kier alpha value is -0.940. The molecule has 0 saturated heterocycles. The monoisotopic (exact) mass is 283 g/mol. The van der Waals surface area contributed by atoms with E-state index in [1.807, 2.05) is 0 Å². The maximum absolute atomic E-state index is 11.9. The van der Waals surface area contributed by atoms with Crippen LogP contribution in [-0.4, -0.2) is 16.9 Å². The second kappa shape index (κ2) is 4.93. The Morgan fingerprint density at radius 3 is 3.00 bits per heavy atom. The van der Waals surface area contributed by atoms with E-state index in [4.69, 9.17) is 5.73 Å². The Kier molecular flexibility index (Phi) is 3.56. The number of nitrogens with one attached hydrogen (secondary N) is 1. The van der Waals surface area contributed by atoms with E-state index in [2.05, 4.69) is 26.2 Å². The van der Waals surface area contributed by atoms with Crippen molar-refractivity contribution < 1.29 is 4.79 Å². The Morgan fingerprint density at radius 2 is 2.38 bits per heavy atom. The average molecular weight is 284 g/mol. The third-order valence-corrected chi connectivity index (χ3v) is 3.51. The van der Waals surface area contributed by atoms with Crippen LogP contribution in [0, 0.1) is 5.92 Å². The third kappa shape index (κ3) is 2.59. The fraction of sp³-hybridized carbons (Fsp3) is 0.455. The number of carbonyl (C=O) groups excluding carboxylic acids is 1. The first kappa shape index (κ1) is 11.5. The van der Waals surface area contributed by atoms with Gasteiger partial charge in [0, 0.05) is 24.4 Å². The van der Waals surface area contributed by atoms with Gasteiger partial charge in [-0.25, -0.2) is 0 Å². The van der Waals surface area contributed by atoms with Crippen molar-refractivity contribution in [2.24, 2.45) is 11.7 Å². The van der Waals surface area contributed by atoms with Crippen LogP contribution in [0.25, 0.3) is 0 Å². The van der Waals surface area contributed by atoms with Crippen LogP contribution in [0.5, 0.6) is 0 Å². The highest BCUT2D eigenvalue weighted by atomic mass is 79.9. The zero-order valence-corrected chi connectivity index (χ0v) is 10.4. The summed E-state index contributed by atoms with van der Waals surface area (Å²) in [7, 11) is 0. The lowest BCUT2D eigenvalue weighted by Gasteiger charge is -2.11. The molecular formula is C11H14BrN3O. The lowest BCUT2D eigenvalue weighted by molar-refractivity contribution is -0.119. The van der Waals surface area contributed by atoms with Crippen molar-refractivity contribution in [2.75, 3.05) is 5.32 Å². The van der Waals surface area contributed by atoms with Crippen molar-refractivity contribution in [3.63, 3.8) is 0 Å². The van der Waals surface area contributed by atoms with Gasteiger partial charge in [0.25, 0.3) is 0 Å². The lowest BCUT2D eigenvalue weighted by Crippen LogP contribution is -2.23. The maximum Gasteiger partial charge on any atom is 0.227 e. The summed E-state index contributed by atoms with van der Waals surface area (Å²) in [5, 5.41) is 2.89. The minimum Gasteiger partial charge on any atom is -0.328 e. The van der Waals surface area contributed by atoms with Crippen molar-refractivity contribution in [3.8, 4) is 0 Å². The summed E-state index contributed by atoms with van der Waals surface area (Å²) in [6.07, 6.45) is 5.93. The van der Waals surface area contributed by atoms with E-state index in [0.717, 1.165) is 29.4 Å². The molecule has 0 radical (unpaired) electrons. The van der Waals surface area contributed by atoms with Crippen LogP contribution in [0.3, 0.4) is 0 Å². The van der Waals surface area contributed by atoms with Gasteiger partial charge < -0.3 is 11.1 Å². The molecule has 86 valence electrons. The number of hydrogen-bond donors (Lipinski definition) is 2. The van der Waals surface area contributed by atoms with Crippen molar-refractivity contribution in [1.82, 2.24) is 4.98 Å². The molecule has 2 rings (SSSR count). The first-order chi connectivity index (χ1) is 7.66. The Labute approximate surface area is 103 Å². The van der Waals surface area contributed by atoms with Gasteiger partial charge >= 0.3 is 0 Å². The van der Waals surface area contributed by atoms with Gasteiger partial charge in [-0.15, -0.1) is 0 Å². The molecule has 1 aliphatic carbocycles. The highest BCUT2D eigenvalue weighted by Gasteiger charge is 2.27. The molecule has 0 aromatic carbocycles. The average Bonchev–Trinajstić information content (AvgIpc) is 2.68. The number of nitrogens with zero attached hydrogens (tertiary/aromatic N) is 1. The summed E-state index contributed by atoms with van der Waals surface area (Å²) >= 11 is 3.34. The summed E-state index contributed by atoms with van der Waals surface area (Å²) in [4.78, 5) is 15.8. The number of aromatic nitrogens is 1. The fourth-order valence-corrected chi connectivity index (χ4v) is 2.32. The van der Waals surface area contributed by atoms with E-state index in [1.54, 1.807) is 18.5 Å². The van der Waals surface area contributed by atoms with Crippen LogP contribution >= 0.6 is 15.9 Å². The second-order valence-electron chi connectivity index (χ2n) is 4.11. The molecule has 1 aromatic rings. The first-order valence-electron chi connectivity index (χ1n) is 5.33. The highest BCUT2D eigenvalue weighted by Crippen LogP contribution is 2.27. The molecule has 4 nitrogen and oxygen atoms in total. The molecule has 16 heavy (non-hydrogen) atoms. The number of nitrogens with two attached hydrogens (primary N) is 1. The fourth-order valence-electron chi connectivity index (χ4n) is 1.97. The number of pyridine rings is 1. The highest BCUT2D eigenvalue weighted by molar-refractivity contribution is 9.10. The Balaban J connectivity index is 2.00. The van der Waals surface area contributed by atoms with E-state index in [-0.39, 0.29) is 17.9 Å². The molecule has 0 bridgehead atoms. The number of carbonyl (C=O) groups is 1. The van der Waals surface area contributed by atoms with Gasteiger partial charge in [0.2, 0.25) is 5.91 Å². The number of rotatable bonds is 2. The predicted octanol–water partition coefficient (Wildman–Crippen LogP) is 1.91. The van der Waals surface area contributed by atoms with Crippen molar-refractivity contribution in [1.29, 1.82) is 0 Å². The van der Waals surface area contributed by atoms with Gasteiger partial charge in [0.05, 0.1) is 10.2 Å². The van der Waals surface area contributed by atoms with Gasteiger partial charge in [0.1, 0.15) is 0 Å². The summed E-state index contributed by atoms with van der Waals surface area (Å²) < 4.78 is 0.797. The number of amides is 1. The summed E-state index contributed by atoms with van der Waals surface area (Å²) in [5.41, 5.74) is 6.55. The van der Waals surface area contributed by atoms with E-state index >= 15 is 0 Å². The molecule has 1 amide bonds. The smallest absolute Gasteiger partial charge is 0.227 e. The molecule has 2 atom stereocenters. The summed E-state index contributed by atoms with van der Waals surface area (Å²) in [5.74, 6) is 0.106. The molecule has 1 heterocycles. The van der Waals surface area contributed by atoms with Gasteiger partial charge in [-0.2, -0.15) is 0 Å². The zero-order chi connectivity index (χ0) is 11.5. The molecule has 1 aliphatic rings. The van der Waals surface area contributed by atoms with E-state index in [1.165, 1.54) is 0 Å². The van der Waals surface area contributed by atoms with E-state index in [9.17, 15) is 4.79 Å². The normalized spacial score (nSPS) is 24.4. The molecule has 1 aromatic heterocycles. The summed E-state index contributed by atoms with van der Waals surface area (Å²) in [6, 6.07) is 1.95. The second-order valence-corrected chi connectivity index (χ2v) is 4.97. The maximum atomic E-state index is 11.9. The molecule has 2 unspecified atom stereocenters. The van der Waals surface area contributed by atoms with Gasteiger partial charge in [-0.3, -0.25) is 9.78 Å². The number of anilines is 1. The van der Waals surface area contributed by atoms with Crippen LogP contribution < -0.4 is 11.1 Å². The molecule has 1 fully saturated rings. The van der Waals surface area contributed by atoms with Crippen LogP contribution in [0.2, 0.25) is 0 Å². The molecule has 0 spiro atoms. The van der Waals surface area contributed by atoms with Crippen LogP contribution in [0.1, 0.15) is 19.3 Å². The van der Waals surface area contributed by atoms with Crippen LogP contribution in [-0.2, 0) is 4.79 Å². The van der Waals surface area contributed by atoms with Gasteiger partial charge in [-0.05, 0) is 41.3 Å². The number of halogens is 1. The molecule has 5 heteroatoms. The van der Waals surface area contributed by atoms with Crippen LogP contribution in [0.15, 0.2) is 22.9 Å². The third-order valence-electron chi connectivity index (χ3n) is 2.87. The SMILES string of the molecule is NC1CCC(C(=O)Nc2ccncc2Br)C1. The Morgan fingerprint density at radius 1 is 1.56 bits per heavy atom. The van der Waals surface area contributed by atoms with E-state index in [0.29, 0.717) is 0 Å². The molecular weight excluding hydrogens is 270 g/mol. The molecule has 3 N–H and O–H groups in total.